The first-order valence-corrected chi connectivity index (χ1v) is 10.2. The predicted molar refractivity (Wildman–Crippen MR) is 116 cm³/mol. The van der Waals surface area contributed by atoms with Gasteiger partial charge in [-0.3, -0.25) is 9.36 Å². The Morgan fingerprint density at radius 1 is 1.12 bits per heavy atom. The van der Waals surface area contributed by atoms with E-state index in [-0.39, 0.29) is 32.9 Å². The van der Waals surface area contributed by atoms with E-state index in [2.05, 4.69) is 0 Å². The molecule has 1 N–H and O–H groups in total. The van der Waals surface area contributed by atoms with Crippen molar-refractivity contribution in [3.63, 3.8) is 0 Å². The van der Waals surface area contributed by atoms with E-state index in [1.165, 1.54) is 25.1 Å². The Hall–Kier alpha value is -3.39. The maximum Gasteiger partial charge on any atom is 0.396 e. The van der Waals surface area contributed by atoms with Gasteiger partial charge in [0.1, 0.15) is 5.82 Å². The normalized spacial score (nSPS) is 18.4. The molecule has 2 aromatic carbocycles. The van der Waals surface area contributed by atoms with Crippen LogP contribution in [0, 0.1) is 24.6 Å². The summed E-state index contributed by atoms with van der Waals surface area (Å²) < 4.78 is 57.1. The molecule has 4 rings (SSSR count). The lowest BCUT2D eigenvalue weighted by Gasteiger charge is -2.28. The van der Waals surface area contributed by atoms with Crippen molar-refractivity contribution in [2.45, 2.75) is 13.1 Å². The molecule has 1 aliphatic rings. The highest BCUT2D eigenvalue weighted by atomic mass is 35.5. The van der Waals surface area contributed by atoms with Gasteiger partial charge in [0.25, 0.3) is 0 Å². The Balaban J connectivity index is 1.93. The van der Waals surface area contributed by atoms with E-state index in [9.17, 15) is 27.2 Å². The molecule has 1 heterocycles. The molecule has 1 aromatic heterocycles. The number of rotatable bonds is 3. The van der Waals surface area contributed by atoms with E-state index >= 15 is 0 Å². The third-order valence-electron chi connectivity index (χ3n) is 5.69. The molecule has 170 valence electrons. The number of hydrogen-bond acceptors (Lipinski definition) is 2. The maximum absolute atomic E-state index is 14.9. The number of carboxylic acids is 1. The fraction of sp³-hybridized carbons (Fsp3) is 0.167. The van der Waals surface area contributed by atoms with Gasteiger partial charge >= 0.3 is 12.1 Å². The molecule has 0 amide bonds. The molecule has 0 aliphatic heterocycles. The number of para-hydroxylation sites is 1. The Morgan fingerprint density at radius 2 is 1.82 bits per heavy atom. The third kappa shape index (κ3) is 3.84. The quantitative estimate of drug-likeness (QED) is 0.433. The number of halogens is 5. The second kappa shape index (κ2) is 8.19. The van der Waals surface area contributed by atoms with Gasteiger partial charge in [0.15, 0.2) is 0 Å². The van der Waals surface area contributed by atoms with Crippen LogP contribution in [0.2, 0.25) is 0 Å². The van der Waals surface area contributed by atoms with Gasteiger partial charge < -0.3 is 5.11 Å². The zero-order valence-electron chi connectivity index (χ0n) is 17.0. The average molecular weight is 478 g/mol. The number of hydrogen-bond donors (Lipinski definition) is 1. The molecule has 2 atom stereocenters. The minimum Gasteiger partial charge on any atom is -0.478 e. The fourth-order valence-corrected chi connectivity index (χ4v) is 4.51. The lowest BCUT2D eigenvalue weighted by molar-refractivity contribution is -0.167. The molecule has 3 aromatic rings. The smallest absolute Gasteiger partial charge is 0.396 e. The SMILES string of the molecule is Cc1c(-c2ccc(C(=O)O)cc2F)c2ccccc2n1C(=O)C1C(Cl)=CC=CC1C(F)(F)F. The molecule has 0 spiro atoms. The number of alkyl halides is 3. The van der Waals surface area contributed by atoms with Crippen LogP contribution < -0.4 is 0 Å². The van der Waals surface area contributed by atoms with Gasteiger partial charge in [-0.15, -0.1) is 0 Å². The number of carbonyl (C=O) groups excluding carboxylic acids is 1. The van der Waals surface area contributed by atoms with Gasteiger partial charge in [-0.1, -0.05) is 48.0 Å². The van der Waals surface area contributed by atoms with Crippen LogP contribution in [0.25, 0.3) is 22.0 Å². The fourth-order valence-electron chi connectivity index (χ4n) is 4.20. The van der Waals surface area contributed by atoms with Crippen molar-refractivity contribution in [1.29, 1.82) is 0 Å². The average Bonchev–Trinajstić information content (AvgIpc) is 3.04. The number of allylic oxidation sites excluding steroid dienone is 4. The van der Waals surface area contributed by atoms with Crippen molar-refractivity contribution < 1.29 is 32.3 Å². The summed E-state index contributed by atoms with van der Waals surface area (Å²) >= 11 is 6.09. The summed E-state index contributed by atoms with van der Waals surface area (Å²) in [5.41, 5.74) is 0.550. The van der Waals surface area contributed by atoms with Gasteiger partial charge in [-0.2, -0.15) is 13.2 Å². The van der Waals surface area contributed by atoms with E-state index in [4.69, 9.17) is 16.7 Å². The van der Waals surface area contributed by atoms with E-state index in [1.54, 1.807) is 24.3 Å². The zero-order valence-corrected chi connectivity index (χ0v) is 17.8. The second-order valence-electron chi connectivity index (χ2n) is 7.63. The van der Waals surface area contributed by atoms with Gasteiger partial charge in [-0.25, -0.2) is 9.18 Å². The summed E-state index contributed by atoms with van der Waals surface area (Å²) in [5, 5.41) is 9.28. The first-order chi connectivity index (χ1) is 15.5. The van der Waals surface area contributed by atoms with Crippen molar-refractivity contribution in [1.82, 2.24) is 4.57 Å². The Morgan fingerprint density at radius 3 is 2.45 bits per heavy atom. The number of aromatic carboxylic acids is 1. The minimum absolute atomic E-state index is 0.0257. The summed E-state index contributed by atoms with van der Waals surface area (Å²) in [6.07, 6.45) is -1.40. The van der Waals surface area contributed by atoms with Gasteiger partial charge in [-0.05, 0) is 31.2 Å². The van der Waals surface area contributed by atoms with Crippen molar-refractivity contribution >= 4 is 34.4 Å². The van der Waals surface area contributed by atoms with Crippen molar-refractivity contribution in [3.8, 4) is 11.1 Å². The molecule has 2 unspecified atom stereocenters. The second-order valence-corrected chi connectivity index (χ2v) is 8.07. The molecular weight excluding hydrogens is 462 g/mol. The monoisotopic (exact) mass is 477 g/mol. The van der Waals surface area contributed by atoms with Crippen LogP contribution in [-0.2, 0) is 0 Å². The van der Waals surface area contributed by atoms with Crippen molar-refractivity contribution in [2.75, 3.05) is 0 Å². The molecule has 1 aliphatic carbocycles. The molecule has 0 fully saturated rings. The highest BCUT2D eigenvalue weighted by Gasteiger charge is 2.48. The number of nitrogens with zero attached hydrogens (tertiary/aromatic N) is 1. The topological polar surface area (TPSA) is 59.3 Å². The third-order valence-corrected chi connectivity index (χ3v) is 6.05. The largest absolute Gasteiger partial charge is 0.478 e. The van der Waals surface area contributed by atoms with Gasteiger partial charge in [0, 0.05) is 27.2 Å². The molecule has 0 saturated heterocycles. The molecule has 0 saturated carbocycles. The van der Waals surface area contributed by atoms with E-state index in [0.717, 1.165) is 22.8 Å². The standard InChI is InChI=1S/C24H16ClF4NO3/c1-12-20(14-10-9-13(23(32)33)11-18(14)26)15-5-2-3-8-19(15)30(12)22(31)21-16(24(27,28)29)6-4-7-17(21)25/h2-11,16,21H,1H3,(H,32,33). The van der Waals surface area contributed by atoms with Crippen LogP contribution in [0.5, 0.6) is 0 Å². The Kier molecular flexibility index (Phi) is 5.66. The summed E-state index contributed by atoms with van der Waals surface area (Å²) in [6, 6.07) is 9.78. The Labute approximate surface area is 190 Å². The first kappa shape index (κ1) is 22.8. The molecule has 9 heteroatoms. The molecule has 0 radical (unpaired) electrons. The van der Waals surface area contributed by atoms with Crippen LogP contribution >= 0.6 is 11.6 Å². The van der Waals surface area contributed by atoms with E-state index in [1.807, 2.05) is 0 Å². The molecule has 4 nitrogen and oxygen atoms in total. The summed E-state index contributed by atoms with van der Waals surface area (Å²) in [5.74, 6) is -6.85. The highest BCUT2D eigenvalue weighted by molar-refractivity contribution is 6.32. The van der Waals surface area contributed by atoms with Crippen LogP contribution in [0.15, 0.2) is 65.7 Å². The van der Waals surface area contributed by atoms with Gasteiger partial charge in [0.2, 0.25) is 5.91 Å². The van der Waals surface area contributed by atoms with Crippen molar-refractivity contribution in [2.24, 2.45) is 11.8 Å². The summed E-state index contributed by atoms with van der Waals surface area (Å²) in [6.45, 7) is 1.50. The number of fused-ring (bicyclic) bond motifs is 1. The lowest BCUT2D eigenvalue weighted by Crippen LogP contribution is -2.37. The van der Waals surface area contributed by atoms with E-state index in [0.29, 0.717) is 5.39 Å². The minimum atomic E-state index is -4.70. The summed E-state index contributed by atoms with van der Waals surface area (Å²) in [4.78, 5) is 24.7. The van der Waals surface area contributed by atoms with Crippen LogP contribution in [-0.4, -0.2) is 27.7 Å². The van der Waals surface area contributed by atoms with Crippen LogP contribution in [0.4, 0.5) is 17.6 Å². The maximum atomic E-state index is 14.9. The van der Waals surface area contributed by atoms with E-state index < -0.39 is 35.7 Å². The number of carboxylic acid groups (broad SMARTS) is 1. The lowest BCUT2D eigenvalue weighted by atomic mass is 9.86. The molecule has 0 bridgehead atoms. The molecule has 33 heavy (non-hydrogen) atoms. The van der Waals surface area contributed by atoms with Crippen LogP contribution in [0.3, 0.4) is 0 Å². The molecular formula is C24H16ClF4NO3. The Bertz CT molecular complexity index is 1350. The highest BCUT2D eigenvalue weighted by Crippen LogP contribution is 2.43. The number of aromatic nitrogens is 1. The number of carbonyl (C=O) groups is 2. The summed E-state index contributed by atoms with van der Waals surface area (Å²) in [7, 11) is 0. The van der Waals surface area contributed by atoms with Crippen molar-refractivity contribution in [3.05, 3.63) is 82.8 Å². The number of benzene rings is 2. The van der Waals surface area contributed by atoms with Gasteiger partial charge in [0.05, 0.1) is 22.9 Å². The first-order valence-electron chi connectivity index (χ1n) is 9.80. The zero-order chi connectivity index (χ0) is 24.1. The van der Waals surface area contributed by atoms with Crippen LogP contribution in [0.1, 0.15) is 20.8 Å². The predicted octanol–water partition coefficient (Wildman–Crippen LogP) is 6.58.